The summed E-state index contributed by atoms with van der Waals surface area (Å²) in [6.45, 7) is 9.15. The molecule has 1 saturated heterocycles. The normalized spacial score (nSPS) is 23.5. The van der Waals surface area contributed by atoms with E-state index in [1.165, 1.54) is 30.4 Å². The molecule has 0 radical (unpaired) electrons. The van der Waals surface area contributed by atoms with Crippen LogP contribution >= 0.6 is 0 Å². The SMILES string of the molecule is CC(C)C1(C)C=CC(c2ccc3ncc(N4CCCCC4)nc3c2)=CC1. The molecular formula is C23H29N3. The van der Waals surface area contributed by atoms with Gasteiger partial charge in [0.2, 0.25) is 0 Å². The van der Waals surface area contributed by atoms with Gasteiger partial charge in [0, 0.05) is 13.1 Å². The van der Waals surface area contributed by atoms with Crippen LogP contribution in [0.15, 0.2) is 42.6 Å². The quantitative estimate of drug-likeness (QED) is 0.721. The van der Waals surface area contributed by atoms with E-state index in [0.29, 0.717) is 5.92 Å². The molecule has 2 aliphatic rings. The summed E-state index contributed by atoms with van der Waals surface area (Å²) in [6.07, 6.45) is 13.9. The third-order valence-corrected chi connectivity index (χ3v) is 6.27. The lowest BCUT2D eigenvalue weighted by Crippen LogP contribution is -2.30. The van der Waals surface area contributed by atoms with Crippen LogP contribution in [0.2, 0.25) is 0 Å². The molecule has 0 amide bonds. The summed E-state index contributed by atoms with van der Waals surface area (Å²) in [6, 6.07) is 6.47. The molecule has 3 heteroatoms. The average molecular weight is 348 g/mol. The van der Waals surface area contributed by atoms with Crippen molar-refractivity contribution in [3.63, 3.8) is 0 Å². The largest absolute Gasteiger partial charge is 0.355 e. The Balaban J connectivity index is 1.63. The van der Waals surface area contributed by atoms with E-state index < -0.39 is 0 Å². The van der Waals surface area contributed by atoms with Gasteiger partial charge in [-0.15, -0.1) is 0 Å². The van der Waals surface area contributed by atoms with Crippen LogP contribution in [0.5, 0.6) is 0 Å². The molecule has 0 N–H and O–H groups in total. The zero-order valence-corrected chi connectivity index (χ0v) is 16.2. The summed E-state index contributed by atoms with van der Waals surface area (Å²) in [7, 11) is 0. The van der Waals surface area contributed by atoms with Crippen molar-refractivity contribution < 1.29 is 0 Å². The van der Waals surface area contributed by atoms with Gasteiger partial charge in [0.25, 0.3) is 0 Å². The van der Waals surface area contributed by atoms with E-state index in [-0.39, 0.29) is 5.41 Å². The molecule has 1 aromatic heterocycles. The van der Waals surface area contributed by atoms with Crippen LogP contribution in [-0.2, 0) is 0 Å². The molecule has 1 fully saturated rings. The Bertz CT molecular complexity index is 859. The maximum Gasteiger partial charge on any atom is 0.147 e. The van der Waals surface area contributed by atoms with Crippen molar-refractivity contribution in [2.45, 2.75) is 46.5 Å². The van der Waals surface area contributed by atoms with Crippen LogP contribution < -0.4 is 4.90 Å². The number of benzene rings is 1. The van der Waals surface area contributed by atoms with Crippen molar-refractivity contribution in [2.75, 3.05) is 18.0 Å². The Labute approximate surface area is 156 Å². The minimum Gasteiger partial charge on any atom is -0.355 e. The predicted octanol–water partition coefficient (Wildman–Crippen LogP) is 5.63. The number of rotatable bonds is 3. The van der Waals surface area contributed by atoms with Gasteiger partial charge in [-0.2, -0.15) is 0 Å². The first-order chi connectivity index (χ1) is 12.5. The number of fused-ring (bicyclic) bond motifs is 1. The first kappa shape index (κ1) is 17.3. The number of hydrogen-bond donors (Lipinski definition) is 0. The highest BCUT2D eigenvalue weighted by molar-refractivity contribution is 5.84. The molecule has 1 unspecified atom stereocenters. The lowest BCUT2D eigenvalue weighted by atomic mass is 9.73. The molecule has 1 aromatic carbocycles. The molecule has 136 valence electrons. The number of nitrogens with zero attached hydrogens (tertiary/aromatic N) is 3. The van der Waals surface area contributed by atoms with Crippen molar-refractivity contribution in [2.24, 2.45) is 11.3 Å². The van der Waals surface area contributed by atoms with Crippen LogP contribution in [-0.4, -0.2) is 23.1 Å². The van der Waals surface area contributed by atoms with Gasteiger partial charge in [0.05, 0.1) is 17.2 Å². The smallest absolute Gasteiger partial charge is 0.147 e. The Morgan fingerprint density at radius 3 is 2.58 bits per heavy atom. The van der Waals surface area contributed by atoms with E-state index >= 15 is 0 Å². The molecule has 1 aliphatic heterocycles. The van der Waals surface area contributed by atoms with Crippen LogP contribution in [0.3, 0.4) is 0 Å². The minimum absolute atomic E-state index is 0.265. The Morgan fingerprint density at radius 2 is 1.88 bits per heavy atom. The zero-order valence-electron chi connectivity index (χ0n) is 16.2. The highest BCUT2D eigenvalue weighted by atomic mass is 15.2. The van der Waals surface area contributed by atoms with E-state index in [1.54, 1.807) is 0 Å². The topological polar surface area (TPSA) is 29.0 Å². The summed E-state index contributed by atoms with van der Waals surface area (Å²) in [4.78, 5) is 11.9. The monoisotopic (exact) mass is 347 g/mol. The fraction of sp³-hybridized carbons (Fsp3) is 0.478. The molecule has 1 aliphatic carbocycles. The second kappa shape index (κ2) is 6.86. The third kappa shape index (κ3) is 3.27. The van der Waals surface area contributed by atoms with Crippen LogP contribution in [0.25, 0.3) is 16.6 Å². The fourth-order valence-corrected chi connectivity index (χ4v) is 3.84. The molecule has 3 nitrogen and oxygen atoms in total. The fourth-order valence-electron chi connectivity index (χ4n) is 3.84. The molecule has 4 rings (SSSR count). The van der Waals surface area contributed by atoms with Crippen LogP contribution in [0, 0.1) is 11.3 Å². The number of aromatic nitrogens is 2. The highest BCUT2D eigenvalue weighted by Crippen LogP contribution is 2.38. The van der Waals surface area contributed by atoms with Crippen LogP contribution in [0.1, 0.15) is 52.0 Å². The van der Waals surface area contributed by atoms with Gasteiger partial charge in [-0.25, -0.2) is 4.98 Å². The van der Waals surface area contributed by atoms with E-state index in [2.05, 4.69) is 67.1 Å². The molecule has 2 heterocycles. The van der Waals surface area contributed by atoms with Gasteiger partial charge >= 0.3 is 0 Å². The lowest BCUT2D eigenvalue weighted by molar-refractivity contribution is 0.300. The predicted molar refractivity (Wildman–Crippen MR) is 110 cm³/mol. The number of allylic oxidation sites excluding steroid dienone is 4. The van der Waals surface area contributed by atoms with E-state index in [4.69, 9.17) is 4.98 Å². The van der Waals surface area contributed by atoms with Crippen molar-refractivity contribution in [3.05, 3.63) is 48.2 Å². The van der Waals surface area contributed by atoms with Crippen molar-refractivity contribution >= 4 is 22.4 Å². The van der Waals surface area contributed by atoms with E-state index in [1.807, 2.05) is 6.20 Å². The lowest BCUT2D eigenvalue weighted by Gasteiger charge is -2.32. The first-order valence-electron chi connectivity index (χ1n) is 9.97. The summed E-state index contributed by atoms with van der Waals surface area (Å²) < 4.78 is 0. The highest BCUT2D eigenvalue weighted by Gasteiger charge is 2.26. The molecule has 0 spiro atoms. The summed E-state index contributed by atoms with van der Waals surface area (Å²) in [5.41, 5.74) is 4.78. The molecule has 26 heavy (non-hydrogen) atoms. The molecule has 0 saturated carbocycles. The molecule has 1 atom stereocenters. The second-order valence-corrected chi connectivity index (χ2v) is 8.34. The number of anilines is 1. The van der Waals surface area contributed by atoms with Crippen LogP contribution in [0.4, 0.5) is 5.82 Å². The number of hydrogen-bond acceptors (Lipinski definition) is 3. The minimum atomic E-state index is 0.265. The molecule has 2 aromatic rings. The molecule has 0 bridgehead atoms. The average Bonchev–Trinajstić information content (AvgIpc) is 2.68. The van der Waals surface area contributed by atoms with Gasteiger partial charge in [0.15, 0.2) is 0 Å². The first-order valence-corrected chi connectivity index (χ1v) is 9.97. The molecular weight excluding hydrogens is 318 g/mol. The van der Waals surface area contributed by atoms with E-state index in [0.717, 1.165) is 36.4 Å². The van der Waals surface area contributed by atoms with E-state index in [9.17, 15) is 0 Å². The van der Waals surface area contributed by atoms with Crippen molar-refractivity contribution in [1.29, 1.82) is 0 Å². The van der Waals surface area contributed by atoms with Crippen molar-refractivity contribution in [1.82, 2.24) is 9.97 Å². The summed E-state index contributed by atoms with van der Waals surface area (Å²) >= 11 is 0. The third-order valence-electron chi connectivity index (χ3n) is 6.27. The Hall–Kier alpha value is -2.16. The summed E-state index contributed by atoms with van der Waals surface area (Å²) in [5, 5.41) is 0. The maximum atomic E-state index is 4.92. The van der Waals surface area contributed by atoms with Gasteiger partial charge in [-0.3, -0.25) is 4.98 Å². The standard InChI is InChI=1S/C23H29N3/c1-17(2)23(3)11-9-18(10-12-23)19-7-8-20-21(15-19)25-22(16-24-20)26-13-5-4-6-14-26/h7-11,15-17H,4-6,12-14H2,1-3H3. The number of piperidine rings is 1. The van der Waals surface area contributed by atoms with Gasteiger partial charge in [0.1, 0.15) is 5.82 Å². The van der Waals surface area contributed by atoms with Crippen molar-refractivity contribution in [3.8, 4) is 0 Å². The Kier molecular flexibility index (Phi) is 4.56. The second-order valence-electron chi connectivity index (χ2n) is 8.34. The zero-order chi connectivity index (χ0) is 18.1. The Morgan fingerprint density at radius 1 is 1.08 bits per heavy atom. The summed E-state index contributed by atoms with van der Waals surface area (Å²) in [5.74, 6) is 1.67. The maximum absolute atomic E-state index is 4.92. The van der Waals surface area contributed by atoms with Gasteiger partial charge in [-0.1, -0.05) is 45.1 Å². The van der Waals surface area contributed by atoms with Gasteiger partial charge < -0.3 is 4.90 Å². The van der Waals surface area contributed by atoms with Gasteiger partial charge in [-0.05, 0) is 60.3 Å².